The molecule has 2 rings (SSSR count). The van der Waals surface area contributed by atoms with E-state index < -0.39 is 5.82 Å². The molecule has 1 aliphatic heterocycles. The van der Waals surface area contributed by atoms with Gasteiger partial charge in [-0.15, -0.1) is 0 Å². The average Bonchev–Trinajstić information content (AvgIpc) is 2.49. The normalized spacial score (nSPS) is 19.8. The van der Waals surface area contributed by atoms with E-state index in [1.807, 2.05) is 6.92 Å². The Bertz CT molecular complexity index is 521. The number of carbonyl (C=O) groups excluding carboxylic acids is 2. The van der Waals surface area contributed by atoms with Gasteiger partial charge in [0.25, 0.3) is 5.91 Å². The van der Waals surface area contributed by atoms with Crippen molar-refractivity contribution in [2.24, 2.45) is 0 Å². The number of nitrogens with zero attached hydrogens (tertiary/aromatic N) is 1. The van der Waals surface area contributed by atoms with Crippen molar-refractivity contribution in [2.45, 2.75) is 19.4 Å². The molecule has 0 bridgehead atoms. The van der Waals surface area contributed by atoms with Crippen LogP contribution in [0.1, 0.15) is 23.7 Å². The molecule has 19 heavy (non-hydrogen) atoms. The zero-order valence-corrected chi connectivity index (χ0v) is 12.0. The van der Waals surface area contributed by atoms with Crippen molar-refractivity contribution in [1.82, 2.24) is 10.2 Å². The summed E-state index contributed by atoms with van der Waals surface area (Å²) in [6.45, 7) is 2.73. The summed E-state index contributed by atoms with van der Waals surface area (Å²) < 4.78 is 13.5. The van der Waals surface area contributed by atoms with E-state index in [2.05, 4.69) is 21.2 Å². The zero-order valence-electron chi connectivity index (χ0n) is 10.5. The quantitative estimate of drug-likeness (QED) is 0.856. The maximum absolute atomic E-state index is 13.0. The first-order chi connectivity index (χ1) is 8.99. The Balaban J connectivity index is 2.25. The number of amides is 2. The van der Waals surface area contributed by atoms with Gasteiger partial charge < -0.3 is 10.2 Å². The standard InChI is InChI=1S/C13H14BrFN2O2/c1-8-6-12(18)16-4-5-17(8)13(19)10-3-2-9(15)7-11(10)14/h2-3,7-8H,4-6H2,1H3,(H,16,18). The van der Waals surface area contributed by atoms with Gasteiger partial charge in [0.05, 0.1) is 5.56 Å². The van der Waals surface area contributed by atoms with Crippen LogP contribution in [0.2, 0.25) is 0 Å². The van der Waals surface area contributed by atoms with Crippen molar-refractivity contribution >= 4 is 27.7 Å². The number of halogens is 2. The van der Waals surface area contributed by atoms with Crippen LogP contribution in [0.3, 0.4) is 0 Å². The molecule has 1 unspecified atom stereocenters. The van der Waals surface area contributed by atoms with Crippen LogP contribution in [-0.4, -0.2) is 35.8 Å². The molecule has 4 nitrogen and oxygen atoms in total. The van der Waals surface area contributed by atoms with E-state index in [0.717, 1.165) is 0 Å². The molecule has 2 amide bonds. The predicted octanol–water partition coefficient (Wildman–Crippen LogP) is 1.94. The molecule has 0 saturated carbocycles. The van der Waals surface area contributed by atoms with Crippen LogP contribution >= 0.6 is 15.9 Å². The second kappa shape index (κ2) is 5.69. The highest BCUT2D eigenvalue weighted by Crippen LogP contribution is 2.21. The van der Waals surface area contributed by atoms with Crippen LogP contribution in [0.5, 0.6) is 0 Å². The topological polar surface area (TPSA) is 49.4 Å². The summed E-state index contributed by atoms with van der Waals surface area (Å²) in [5.74, 6) is -0.652. The highest BCUT2D eigenvalue weighted by atomic mass is 79.9. The number of benzene rings is 1. The summed E-state index contributed by atoms with van der Waals surface area (Å²) in [6.07, 6.45) is 0.282. The van der Waals surface area contributed by atoms with E-state index in [1.54, 1.807) is 4.90 Å². The number of nitrogens with one attached hydrogen (secondary N) is 1. The minimum atomic E-state index is -0.399. The van der Waals surface area contributed by atoms with Crippen LogP contribution in [-0.2, 0) is 4.79 Å². The smallest absolute Gasteiger partial charge is 0.255 e. The minimum Gasteiger partial charge on any atom is -0.354 e. The molecule has 1 fully saturated rings. The fourth-order valence-electron chi connectivity index (χ4n) is 2.11. The molecule has 102 valence electrons. The van der Waals surface area contributed by atoms with Gasteiger partial charge in [0.1, 0.15) is 5.82 Å². The van der Waals surface area contributed by atoms with Crippen molar-refractivity contribution in [1.29, 1.82) is 0 Å². The average molecular weight is 329 g/mol. The predicted molar refractivity (Wildman–Crippen MR) is 72.2 cm³/mol. The Morgan fingerprint density at radius 3 is 2.95 bits per heavy atom. The molecular weight excluding hydrogens is 315 g/mol. The SMILES string of the molecule is CC1CC(=O)NCCN1C(=O)c1ccc(F)cc1Br. The first-order valence-electron chi connectivity index (χ1n) is 6.01. The van der Waals surface area contributed by atoms with E-state index >= 15 is 0 Å². The number of hydrogen-bond acceptors (Lipinski definition) is 2. The van der Waals surface area contributed by atoms with Crippen molar-refractivity contribution in [3.8, 4) is 0 Å². The molecule has 6 heteroatoms. The van der Waals surface area contributed by atoms with Crippen molar-refractivity contribution < 1.29 is 14.0 Å². The molecule has 1 saturated heterocycles. The third kappa shape index (κ3) is 3.12. The van der Waals surface area contributed by atoms with Gasteiger partial charge in [-0.05, 0) is 41.1 Å². The second-order valence-electron chi connectivity index (χ2n) is 4.53. The van der Waals surface area contributed by atoms with Gasteiger partial charge >= 0.3 is 0 Å². The fourth-order valence-corrected chi connectivity index (χ4v) is 2.63. The minimum absolute atomic E-state index is 0.0547. The van der Waals surface area contributed by atoms with Gasteiger partial charge in [0.2, 0.25) is 5.91 Å². The van der Waals surface area contributed by atoms with Gasteiger partial charge in [0, 0.05) is 30.0 Å². The zero-order chi connectivity index (χ0) is 14.0. The summed E-state index contributed by atoms with van der Waals surface area (Å²) in [4.78, 5) is 25.5. The first kappa shape index (κ1) is 14.0. The van der Waals surface area contributed by atoms with Crippen LogP contribution in [0.4, 0.5) is 4.39 Å². The molecule has 1 atom stereocenters. The van der Waals surface area contributed by atoms with Crippen LogP contribution < -0.4 is 5.32 Å². The van der Waals surface area contributed by atoms with E-state index in [1.165, 1.54) is 18.2 Å². The third-order valence-electron chi connectivity index (χ3n) is 3.11. The summed E-state index contributed by atoms with van der Waals surface area (Å²) in [7, 11) is 0. The molecule has 1 aliphatic rings. The molecule has 1 aromatic carbocycles. The van der Waals surface area contributed by atoms with Gasteiger partial charge in [0.15, 0.2) is 0 Å². The van der Waals surface area contributed by atoms with E-state index in [-0.39, 0.29) is 24.3 Å². The summed E-state index contributed by atoms with van der Waals surface area (Å²) in [5, 5.41) is 2.73. The van der Waals surface area contributed by atoms with E-state index in [4.69, 9.17) is 0 Å². The Labute approximate surface area is 119 Å². The molecule has 1 heterocycles. The molecule has 0 radical (unpaired) electrons. The Morgan fingerprint density at radius 1 is 1.53 bits per heavy atom. The lowest BCUT2D eigenvalue weighted by Gasteiger charge is -2.26. The lowest BCUT2D eigenvalue weighted by Crippen LogP contribution is -2.39. The molecule has 0 spiro atoms. The monoisotopic (exact) mass is 328 g/mol. The maximum Gasteiger partial charge on any atom is 0.255 e. The van der Waals surface area contributed by atoms with Crippen molar-refractivity contribution in [3.63, 3.8) is 0 Å². The third-order valence-corrected chi connectivity index (χ3v) is 3.77. The molecular formula is C13H14BrFN2O2. The number of hydrogen-bond donors (Lipinski definition) is 1. The summed E-state index contributed by atoms with van der Waals surface area (Å²) in [5.41, 5.74) is 0.405. The van der Waals surface area contributed by atoms with Crippen molar-refractivity contribution in [3.05, 3.63) is 34.1 Å². The van der Waals surface area contributed by atoms with Gasteiger partial charge in [-0.1, -0.05) is 0 Å². The van der Waals surface area contributed by atoms with Crippen molar-refractivity contribution in [2.75, 3.05) is 13.1 Å². The number of carbonyl (C=O) groups is 2. The molecule has 0 aromatic heterocycles. The highest BCUT2D eigenvalue weighted by Gasteiger charge is 2.27. The second-order valence-corrected chi connectivity index (χ2v) is 5.38. The lowest BCUT2D eigenvalue weighted by molar-refractivity contribution is -0.121. The first-order valence-corrected chi connectivity index (χ1v) is 6.81. The largest absolute Gasteiger partial charge is 0.354 e. The van der Waals surface area contributed by atoms with Crippen LogP contribution in [0.25, 0.3) is 0 Å². The van der Waals surface area contributed by atoms with Crippen LogP contribution in [0, 0.1) is 5.82 Å². The Hall–Kier alpha value is -1.43. The molecule has 1 N–H and O–H groups in total. The summed E-state index contributed by atoms with van der Waals surface area (Å²) in [6, 6.07) is 3.80. The maximum atomic E-state index is 13.0. The number of rotatable bonds is 1. The summed E-state index contributed by atoms with van der Waals surface area (Å²) >= 11 is 3.20. The van der Waals surface area contributed by atoms with Gasteiger partial charge in [-0.3, -0.25) is 9.59 Å². The van der Waals surface area contributed by atoms with Gasteiger partial charge in [-0.25, -0.2) is 4.39 Å². The van der Waals surface area contributed by atoms with E-state index in [9.17, 15) is 14.0 Å². The van der Waals surface area contributed by atoms with E-state index in [0.29, 0.717) is 23.1 Å². The lowest BCUT2D eigenvalue weighted by atomic mass is 10.1. The fraction of sp³-hybridized carbons (Fsp3) is 0.385. The van der Waals surface area contributed by atoms with Gasteiger partial charge in [-0.2, -0.15) is 0 Å². The van der Waals surface area contributed by atoms with Crippen LogP contribution in [0.15, 0.2) is 22.7 Å². The Kier molecular flexibility index (Phi) is 4.19. The molecule has 1 aromatic rings. The Morgan fingerprint density at radius 2 is 2.26 bits per heavy atom. The molecule has 0 aliphatic carbocycles. The highest BCUT2D eigenvalue weighted by molar-refractivity contribution is 9.10.